The standard InChI is InChI=1S/C25H20FN3O3S/c1-33(31,32)21-13-14-22(26)23(16-21)27-24(30)15-12-19-17-29(20-10-6-3-7-11-20)28-25(19)18-8-4-2-5-9-18/h2-17H,1H3,(H,27,30)/b15-12+. The Kier molecular flexibility index (Phi) is 6.19. The Morgan fingerprint density at radius 1 is 1.00 bits per heavy atom. The molecule has 166 valence electrons. The van der Waals surface area contributed by atoms with E-state index < -0.39 is 21.6 Å². The maximum absolute atomic E-state index is 14.1. The second kappa shape index (κ2) is 9.22. The first-order valence-corrected chi connectivity index (χ1v) is 11.9. The van der Waals surface area contributed by atoms with Crippen molar-refractivity contribution < 1.29 is 17.6 Å². The number of para-hydroxylation sites is 1. The number of hydrogen-bond donors (Lipinski definition) is 1. The van der Waals surface area contributed by atoms with Gasteiger partial charge in [-0.25, -0.2) is 17.5 Å². The van der Waals surface area contributed by atoms with E-state index >= 15 is 0 Å². The molecule has 0 aliphatic heterocycles. The molecular formula is C25H20FN3O3S. The molecule has 0 bridgehead atoms. The summed E-state index contributed by atoms with van der Waals surface area (Å²) in [6, 6.07) is 22.3. The third-order valence-electron chi connectivity index (χ3n) is 4.85. The minimum absolute atomic E-state index is 0.0846. The molecule has 0 saturated carbocycles. The van der Waals surface area contributed by atoms with Crippen LogP contribution in [0.25, 0.3) is 23.0 Å². The van der Waals surface area contributed by atoms with Crippen LogP contribution in [0.5, 0.6) is 0 Å². The van der Waals surface area contributed by atoms with Gasteiger partial charge in [-0.05, 0) is 36.4 Å². The molecule has 1 aromatic heterocycles. The number of benzene rings is 3. The number of halogens is 1. The molecule has 0 atom stereocenters. The number of aromatic nitrogens is 2. The van der Waals surface area contributed by atoms with Crippen LogP contribution in [-0.4, -0.2) is 30.4 Å². The van der Waals surface area contributed by atoms with Crippen molar-refractivity contribution in [3.63, 3.8) is 0 Å². The van der Waals surface area contributed by atoms with Crippen LogP contribution < -0.4 is 5.32 Å². The summed E-state index contributed by atoms with van der Waals surface area (Å²) in [7, 11) is -3.54. The molecule has 3 aromatic carbocycles. The Balaban J connectivity index is 1.64. The predicted molar refractivity (Wildman–Crippen MR) is 126 cm³/mol. The van der Waals surface area contributed by atoms with E-state index in [9.17, 15) is 17.6 Å². The summed E-state index contributed by atoms with van der Waals surface area (Å²) in [5.41, 5.74) is 2.88. The molecule has 0 spiro atoms. The van der Waals surface area contributed by atoms with Gasteiger partial charge in [0.2, 0.25) is 5.91 Å². The number of anilines is 1. The van der Waals surface area contributed by atoms with Crippen LogP contribution in [0.4, 0.5) is 10.1 Å². The summed E-state index contributed by atoms with van der Waals surface area (Å²) in [5, 5.41) is 7.07. The molecule has 1 amide bonds. The van der Waals surface area contributed by atoms with E-state index in [1.165, 1.54) is 6.08 Å². The first-order chi connectivity index (χ1) is 15.8. The highest BCUT2D eigenvalue weighted by molar-refractivity contribution is 7.90. The SMILES string of the molecule is CS(=O)(=O)c1ccc(F)c(NC(=O)/C=C/c2cn(-c3ccccc3)nc2-c2ccccc2)c1. The largest absolute Gasteiger partial charge is 0.320 e. The Hall–Kier alpha value is -4.04. The van der Waals surface area contributed by atoms with E-state index in [2.05, 4.69) is 10.4 Å². The zero-order valence-electron chi connectivity index (χ0n) is 17.6. The first-order valence-electron chi connectivity index (χ1n) is 10.0. The highest BCUT2D eigenvalue weighted by Crippen LogP contribution is 2.25. The summed E-state index contributed by atoms with van der Waals surface area (Å²) >= 11 is 0. The van der Waals surface area contributed by atoms with E-state index in [1.54, 1.807) is 17.0 Å². The van der Waals surface area contributed by atoms with Crippen LogP contribution >= 0.6 is 0 Å². The van der Waals surface area contributed by atoms with Crippen molar-refractivity contribution in [1.29, 1.82) is 0 Å². The monoisotopic (exact) mass is 461 g/mol. The molecule has 0 saturated heterocycles. The molecule has 0 aliphatic carbocycles. The second-order valence-electron chi connectivity index (χ2n) is 7.32. The summed E-state index contributed by atoms with van der Waals surface area (Å²) in [4.78, 5) is 12.4. The molecule has 0 radical (unpaired) electrons. The van der Waals surface area contributed by atoms with Gasteiger partial charge in [0.25, 0.3) is 0 Å². The van der Waals surface area contributed by atoms with Crippen molar-refractivity contribution in [2.75, 3.05) is 11.6 Å². The highest BCUT2D eigenvalue weighted by atomic mass is 32.2. The third kappa shape index (κ3) is 5.24. The lowest BCUT2D eigenvalue weighted by molar-refractivity contribution is -0.111. The van der Waals surface area contributed by atoms with Crippen molar-refractivity contribution in [1.82, 2.24) is 9.78 Å². The van der Waals surface area contributed by atoms with Crippen LogP contribution in [-0.2, 0) is 14.6 Å². The molecule has 0 unspecified atom stereocenters. The van der Waals surface area contributed by atoms with E-state index in [0.717, 1.165) is 35.7 Å². The second-order valence-corrected chi connectivity index (χ2v) is 9.33. The Labute approximate surface area is 190 Å². The summed E-state index contributed by atoms with van der Waals surface area (Å²) < 4.78 is 39.3. The normalized spacial score (nSPS) is 11.6. The zero-order chi connectivity index (χ0) is 23.4. The topological polar surface area (TPSA) is 81.1 Å². The van der Waals surface area contributed by atoms with Gasteiger partial charge < -0.3 is 5.32 Å². The van der Waals surface area contributed by atoms with E-state index in [-0.39, 0.29) is 10.6 Å². The number of nitrogens with zero attached hydrogens (tertiary/aromatic N) is 2. The van der Waals surface area contributed by atoms with E-state index in [1.807, 2.05) is 60.7 Å². The number of hydrogen-bond acceptors (Lipinski definition) is 4. The van der Waals surface area contributed by atoms with Crippen molar-refractivity contribution in [2.45, 2.75) is 4.90 Å². The molecule has 6 nitrogen and oxygen atoms in total. The van der Waals surface area contributed by atoms with Crippen molar-refractivity contribution >= 4 is 27.5 Å². The van der Waals surface area contributed by atoms with Gasteiger partial charge in [0.1, 0.15) is 5.82 Å². The summed E-state index contributed by atoms with van der Waals surface area (Å²) in [5.74, 6) is -1.34. The maximum atomic E-state index is 14.1. The van der Waals surface area contributed by atoms with Gasteiger partial charge >= 0.3 is 0 Å². The molecule has 33 heavy (non-hydrogen) atoms. The van der Waals surface area contributed by atoms with E-state index in [0.29, 0.717) is 11.3 Å². The molecule has 8 heteroatoms. The minimum atomic E-state index is -3.54. The molecule has 0 aliphatic rings. The minimum Gasteiger partial charge on any atom is -0.320 e. The lowest BCUT2D eigenvalue weighted by Gasteiger charge is -2.06. The molecule has 0 fully saturated rings. The fourth-order valence-corrected chi connectivity index (χ4v) is 3.86. The maximum Gasteiger partial charge on any atom is 0.248 e. The van der Waals surface area contributed by atoms with Gasteiger partial charge in [-0.1, -0.05) is 48.5 Å². The number of rotatable bonds is 6. The average molecular weight is 462 g/mol. The van der Waals surface area contributed by atoms with Gasteiger partial charge in [0, 0.05) is 29.7 Å². The zero-order valence-corrected chi connectivity index (χ0v) is 18.5. The van der Waals surface area contributed by atoms with Crippen molar-refractivity contribution in [3.8, 4) is 16.9 Å². The smallest absolute Gasteiger partial charge is 0.248 e. The number of carbonyl (C=O) groups excluding carboxylic acids is 1. The van der Waals surface area contributed by atoms with Gasteiger partial charge in [0.15, 0.2) is 9.84 Å². The molecule has 4 aromatic rings. The van der Waals surface area contributed by atoms with Crippen LogP contribution in [0.2, 0.25) is 0 Å². The fraction of sp³-hybridized carbons (Fsp3) is 0.0400. The summed E-state index contributed by atoms with van der Waals surface area (Å²) in [6.45, 7) is 0. The van der Waals surface area contributed by atoms with Gasteiger partial charge in [-0.2, -0.15) is 5.10 Å². The Bertz CT molecular complexity index is 1430. The Morgan fingerprint density at radius 3 is 2.33 bits per heavy atom. The molecule has 4 rings (SSSR count). The van der Waals surface area contributed by atoms with E-state index in [4.69, 9.17) is 0 Å². The lowest BCUT2D eigenvalue weighted by atomic mass is 10.1. The number of nitrogens with one attached hydrogen (secondary N) is 1. The average Bonchev–Trinajstić information content (AvgIpc) is 3.24. The first kappa shape index (κ1) is 22.2. The number of sulfone groups is 1. The number of carbonyl (C=O) groups is 1. The van der Waals surface area contributed by atoms with Crippen LogP contribution in [0.1, 0.15) is 5.56 Å². The molecule has 1 heterocycles. The van der Waals surface area contributed by atoms with Crippen LogP contribution in [0.15, 0.2) is 96.0 Å². The predicted octanol–water partition coefficient (Wildman–Crippen LogP) is 4.73. The van der Waals surface area contributed by atoms with Crippen LogP contribution in [0.3, 0.4) is 0 Å². The van der Waals surface area contributed by atoms with Gasteiger partial charge in [-0.3, -0.25) is 4.79 Å². The number of amides is 1. The van der Waals surface area contributed by atoms with Crippen molar-refractivity contribution in [3.05, 3.63) is 103 Å². The highest BCUT2D eigenvalue weighted by Gasteiger charge is 2.13. The third-order valence-corrected chi connectivity index (χ3v) is 5.96. The lowest BCUT2D eigenvalue weighted by Crippen LogP contribution is -2.10. The van der Waals surface area contributed by atoms with Gasteiger partial charge in [0.05, 0.1) is 22.0 Å². The quantitative estimate of drug-likeness (QED) is 0.332. The molecule has 1 N–H and O–H groups in total. The fourth-order valence-electron chi connectivity index (χ4n) is 3.21. The molecular weight excluding hydrogens is 441 g/mol. The van der Waals surface area contributed by atoms with Gasteiger partial charge in [-0.15, -0.1) is 0 Å². The summed E-state index contributed by atoms with van der Waals surface area (Å²) in [6.07, 6.45) is 5.65. The van der Waals surface area contributed by atoms with Crippen LogP contribution in [0, 0.1) is 5.82 Å². The Morgan fingerprint density at radius 2 is 1.67 bits per heavy atom. The van der Waals surface area contributed by atoms with Crippen molar-refractivity contribution in [2.24, 2.45) is 0 Å².